The van der Waals surface area contributed by atoms with E-state index in [2.05, 4.69) is 20.9 Å². The second-order valence-electron chi connectivity index (χ2n) is 4.67. The third-order valence-corrected chi connectivity index (χ3v) is 3.49. The summed E-state index contributed by atoms with van der Waals surface area (Å²) in [5, 5.41) is 10.2. The second kappa shape index (κ2) is 5.80. The molecule has 0 spiro atoms. The predicted octanol–water partition coefficient (Wildman–Crippen LogP) is 3.88. The van der Waals surface area contributed by atoms with Gasteiger partial charge in [0, 0.05) is 17.1 Å². The SMILES string of the molecule is Cc1cnc(C(O)Cc2ccc(Br)cc2F)c(C)c1. The highest BCUT2D eigenvalue weighted by molar-refractivity contribution is 9.10. The minimum absolute atomic E-state index is 0.218. The molecule has 0 radical (unpaired) electrons. The zero-order chi connectivity index (χ0) is 14.0. The van der Waals surface area contributed by atoms with Crippen molar-refractivity contribution in [2.75, 3.05) is 0 Å². The lowest BCUT2D eigenvalue weighted by molar-refractivity contribution is 0.171. The molecule has 2 aromatic rings. The maximum absolute atomic E-state index is 13.7. The average molecular weight is 324 g/mol. The van der Waals surface area contributed by atoms with Crippen LogP contribution in [0.15, 0.2) is 34.9 Å². The monoisotopic (exact) mass is 323 g/mol. The Balaban J connectivity index is 2.23. The van der Waals surface area contributed by atoms with Crippen molar-refractivity contribution in [3.63, 3.8) is 0 Å². The van der Waals surface area contributed by atoms with Gasteiger partial charge in [0.15, 0.2) is 0 Å². The normalized spacial score (nSPS) is 12.5. The van der Waals surface area contributed by atoms with Crippen LogP contribution in [0.5, 0.6) is 0 Å². The first-order chi connectivity index (χ1) is 8.97. The molecular formula is C15H15BrFNO. The summed E-state index contributed by atoms with van der Waals surface area (Å²) in [5.41, 5.74) is 3.05. The van der Waals surface area contributed by atoms with Crippen molar-refractivity contribution >= 4 is 15.9 Å². The number of rotatable bonds is 3. The Bertz CT molecular complexity index is 601. The quantitative estimate of drug-likeness (QED) is 0.929. The summed E-state index contributed by atoms with van der Waals surface area (Å²) in [6, 6.07) is 6.80. The van der Waals surface area contributed by atoms with Gasteiger partial charge < -0.3 is 5.11 Å². The Morgan fingerprint density at radius 3 is 2.68 bits per heavy atom. The van der Waals surface area contributed by atoms with Crippen molar-refractivity contribution < 1.29 is 9.50 Å². The van der Waals surface area contributed by atoms with Gasteiger partial charge in [-0.2, -0.15) is 0 Å². The maximum atomic E-state index is 13.7. The van der Waals surface area contributed by atoms with Crippen molar-refractivity contribution in [2.24, 2.45) is 0 Å². The lowest BCUT2D eigenvalue weighted by Gasteiger charge is -2.13. The minimum atomic E-state index is -0.795. The fraction of sp³-hybridized carbons (Fsp3) is 0.267. The molecule has 0 aliphatic rings. The molecule has 0 aliphatic heterocycles. The van der Waals surface area contributed by atoms with E-state index in [0.29, 0.717) is 15.7 Å². The maximum Gasteiger partial charge on any atom is 0.127 e. The fourth-order valence-electron chi connectivity index (χ4n) is 2.07. The smallest absolute Gasteiger partial charge is 0.127 e. The first kappa shape index (κ1) is 14.2. The predicted molar refractivity (Wildman–Crippen MR) is 76.5 cm³/mol. The van der Waals surface area contributed by atoms with E-state index in [1.165, 1.54) is 6.07 Å². The lowest BCUT2D eigenvalue weighted by Crippen LogP contribution is -2.08. The molecule has 1 atom stereocenters. The Morgan fingerprint density at radius 2 is 2.05 bits per heavy atom. The Kier molecular flexibility index (Phi) is 4.32. The molecule has 1 heterocycles. The van der Waals surface area contributed by atoms with Gasteiger partial charge in [0.25, 0.3) is 0 Å². The molecule has 0 saturated carbocycles. The topological polar surface area (TPSA) is 33.1 Å². The summed E-state index contributed by atoms with van der Waals surface area (Å²) >= 11 is 3.21. The van der Waals surface area contributed by atoms with Crippen LogP contribution >= 0.6 is 15.9 Å². The number of aryl methyl sites for hydroxylation is 2. The molecule has 2 nitrogen and oxygen atoms in total. The van der Waals surface area contributed by atoms with Crippen molar-refractivity contribution in [3.05, 3.63) is 63.1 Å². The van der Waals surface area contributed by atoms with Crippen LogP contribution < -0.4 is 0 Å². The highest BCUT2D eigenvalue weighted by Crippen LogP contribution is 2.23. The molecule has 0 amide bonds. The molecule has 19 heavy (non-hydrogen) atoms. The molecular weight excluding hydrogens is 309 g/mol. The molecule has 0 aliphatic carbocycles. The van der Waals surface area contributed by atoms with Gasteiger partial charge in [-0.15, -0.1) is 0 Å². The number of pyridine rings is 1. The van der Waals surface area contributed by atoms with Gasteiger partial charge in [-0.25, -0.2) is 4.39 Å². The van der Waals surface area contributed by atoms with E-state index in [-0.39, 0.29) is 12.2 Å². The first-order valence-corrected chi connectivity index (χ1v) is 6.82. The van der Waals surface area contributed by atoms with Crippen LogP contribution in [0.4, 0.5) is 4.39 Å². The molecule has 0 fully saturated rings. The van der Waals surface area contributed by atoms with E-state index in [0.717, 1.165) is 11.1 Å². The molecule has 4 heteroatoms. The zero-order valence-corrected chi connectivity index (χ0v) is 12.4. The van der Waals surface area contributed by atoms with Crippen molar-refractivity contribution in [1.29, 1.82) is 0 Å². The van der Waals surface area contributed by atoms with E-state index in [4.69, 9.17) is 0 Å². The first-order valence-electron chi connectivity index (χ1n) is 6.02. The molecule has 1 unspecified atom stereocenters. The van der Waals surface area contributed by atoms with Crippen LogP contribution in [0, 0.1) is 19.7 Å². The summed E-state index contributed by atoms with van der Waals surface area (Å²) in [4.78, 5) is 4.24. The van der Waals surface area contributed by atoms with Gasteiger partial charge in [0.05, 0.1) is 5.69 Å². The number of nitrogens with zero attached hydrogens (tertiary/aromatic N) is 1. The van der Waals surface area contributed by atoms with E-state index in [1.807, 2.05) is 19.9 Å². The molecule has 1 aromatic heterocycles. The van der Waals surface area contributed by atoms with Crippen LogP contribution in [0.1, 0.15) is 28.5 Å². The zero-order valence-electron chi connectivity index (χ0n) is 10.8. The number of aliphatic hydroxyl groups is 1. The number of benzene rings is 1. The summed E-state index contributed by atoms with van der Waals surface area (Å²) in [6.45, 7) is 3.85. The number of hydrogen-bond acceptors (Lipinski definition) is 2. The molecule has 100 valence electrons. The van der Waals surface area contributed by atoms with Crippen LogP contribution in [-0.4, -0.2) is 10.1 Å². The van der Waals surface area contributed by atoms with E-state index >= 15 is 0 Å². The number of aliphatic hydroxyl groups excluding tert-OH is 1. The van der Waals surface area contributed by atoms with Crippen LogP contribution in [-0.2, 0) is 6.42 Å². The summed E-state index contributed by atoms with van der Waals surface area (Å²) in [7, 11) is 0. The number of aromatic nitrogens is 1. The minimum Gasteiger partial charge on any atom is -0.386 e. The van der Waals surface area contributed by atoms with E-state index in [9.17, 15) is 9.50 Å². The van der Waals surface area contributed by atoms with Crippen molar-refractivity contribution in [3.8, 4) is 0 Å². The fourth-order valence-corrected chi connectivity index (χ4v) is 2.40. The Morgan fingerprint density at radius 1 is 1.32 bits per heavy atom. The number of halogens is 2. The van der Waals surface area contributed by atoms with Gasteiger partial charge in [0.1, 0.15) is 11.9 Å². The Labute approximate surface area is 120 Å². The standard InChI is InChI=1S/C15H15BrFNO/c1-9-5-10(2)15(18-8-9)14(19)6-11-3-4-12(16)7-13(11)17/h3-5,7-8,14,19H,6H2,1-2H3. The largest absolute Gasteiger partial charge is 0.386 e. The summed E-state index contributed by atoms with van der Waals surface area (Å²) in [6.07, 6.45) is 1.13. The molecule has 1 N–H and O–H groups in total. The molecule has 1 aromatic carbocycles. The number of hydrogen-bond donors (Lipinski definition) is 1. The molecule has 0 bridgehead atoms. The van der Waals surface area contributed by atoms with Gasteiger partial charge >= 0.3 is 0 Å². The molecule has 2 rings (SSSR count). The van der Waals surface area contributed by atoms with Gasteiger partial charge in [0.2, 0.25) is 0 Å². The van der Waals surface area contributed by atoms with Crippen LogP contribution in [0.2, 0.25) is 0 Å². The highest BCUT2D eigenvalue weighted by atomic mass is 79.9. The average Bonchev–Trinajstić information content (AvgIpc) is 2.32. The van der Waals surface area contributed by atoms with Crippen LogP contribution in [0.25, 0.3) is 0 Å². The third kappa shape index (κ3) is 3.39. The second-order valence-corrected chi connectivity index (χ2v) is 5.59. The Hall–Kier alpha value is -1.26. The lowest BCUT2D eigenvalue weighted by atomic mass is 10.0. The summed E-state index contributed by atoms with van der Waals surface area (Å²) < 4.78 is 14.4. The molecule has 0 saturated heterocycles. The third-order valence-electron chi connectivity index (χ3n) is 3.00. The summed E-state index contributed by atoms with van der Waals surface area (Å²) in [5.74, 6) is -0.321. The van der Waals surface area contributed by atoms with Gasteiger partial charge in [-0.1, -0.05) is 28.1 Å². The van der Waals surface area contributed by atoms with Gasteiger partial charge in [-0.3, -0.25) is 4.98 Å². The highest BCUT2D eigenvalue weighted by Gasteiger charge is 2.15. The van der Waals surface area contributed by atoms with E-state index < -0.39 is 6.10 Å². The van der Waals surface area contributed by atoms with Crippen molar-refractivity contribution in [1.82, 2.24) is 4.98 Å². The van der Waals surface area contributed by atoms with Gasteiger partial charge in [-0.05, 0) is 42.7 Å². The van der Waals surface area contributed by atoms with E-state index in [1.54, 1.807) is 18.3 Å². The van der Waals surface area contributed by atoms with Crippen molar-refractivity contribution in [2.45, 2.75) is 26.4 Å². The van der Waals surface area contributed by atoms with Crippen LogP contribution in [0.3, 0.4) is 0 Å².